The molecule has 0 aliphatic heterocycles. The summed E-state index contributed by atoms with van der Waals surface area (Å²) in [6.45, 7) is 0.687. The highest BCUT2D eigenvalue weighted by atomic mass is 32.1. The molecule has 0 amide bonds. The van der Waals surface area contributed by atoms with Crippen LogP contribution in [-0.2, 0) is 24.1 Å². The molecule has 3 aromatic rings. The van der Waals surface area contributed by atoms with E-state index in [0.29, 0.717) is 17.2 Å². The number of nitrogens with zero attached hydrogens (tertiary/aromatic N) is 2. The zero-order valence-corrected chi connectivity index (χ0v) is 19.2. The minimum Gasteiger partial charge on any atom is -0.465 e. The molecule has 2 N–H and O–H groups in total. The summed E-state index contributed by atoms with van der Waals surface area (Å²) in [5, 5.41) is 12.0. The minimum absolute atomic E-state index is 0.301. The fourth-order valence-corrected chi connectivity index (χ4v) is 5.49. The molecule has 8 heteroatoms. The summed E-state index contributed by atoms with van der Waals surface area (Å²) in [5.74, 6) is -0.301. The molecule has 2 aromatic heterocycles. The summed E-state index contributed by atoms with van der Waals surface area (Å²) in [7, 11) is 1.43. The average molecular weight is 455 g/mol. The largest absolute Gasteiger partial charge is 0.465 e. The number of methoxy groups -OCH3 is 1. The second-order valence-electron chi connectivity index (χ2n) is 7.60. The lowest BCUT2D eigenvalue weighted by atomic mass is 9.96. The van der Waals surface area contributed by atoms with Crippen molar-refractivity contribution >= 4 is 45.3 Å². The lowest BCUT2D eigenvalue weighted by molar-refractivity contribution is 0.0601. The maximum absolute atomic E-state index is 12.6. The number of hydrogen-bond donors (Lipinski definition) is 2. The number of carbonyl (C=O) groups is 1. The average Bonchev–Trinajstić information content (AvgIpc) is 3.35. The van der Waals surface area contributed by atoms with Gasteiger partial charge >= 0.3 is 5.97 Å². The highest BCUT2D eigenvalue weighted by molar-refractivity contribution is 7.80. The van der Waals surface area contributed by atoms with E-state index in [4.69, 9.17) is 17.0 Å². The SMILES string of the molecule is COC(=O)c1c(NC(=S)Nc2cccc(Cn3cccn3)c2)sc2c1CCCCCC2. The highest BCUT2D eigenvalue weighted by Crippen LogP contribution is 2.37. The Morgan fingerprint density at radius 2 is 2.03 bits per heavy atom. The van der Waals surface area contributed by atoms with Gasteiger partial charge in [0.15, 0.2) is 5.11 Å². The third-order valence-electron chi connectivity index (χ3n) is 5.38. The summed E-state index contributed by atoms with van der Waals surface area (Å²) in [6, 6.07) is 9.96. The first-order valence-corrected chi connectivity index (χ1v) is 11.7. The van der Waals surface area contributed by atoms with Crippen LogP contribution >= 0.6 is 23.6 Å². The zero-order chi connectivity index (χ0) is 21.6. The number of rotatable bonds is 5. The van der Waals surface area contributed by atoms with Crippen molar-refractivity contribution in [2.45, 2.75) is 45.1 Å². The van der Waals surface area contributed by atoms with Crippen molar-refractivity contribution in [1.29, 1.82) is 0 Å². The maximum atomic E-state index is 12.6. The molecular formula is C23H26N4O2S2. The number of nitrogens with one attached hydrogen (secondary N) is 2. The van der Waals surface area contributed by atoms with Crippen LogP contribution in [0.5, 0.6) is 0 Å². The van der Waals surface area contributed by atoms with Crippen molar-refractivity contribution in [2.24, 2.45) is 0 Å². The fourth-order valence-electron chi connectivity index (χ4n) is 3.92. The van der Waals surface area contributed by atoms with Crippen molar-refractivity contribution in [1.82, 2.24) is 9.78 Å². The van der Waals surface area contributed by atoms with E-state index in [1.54, 1.807) is 17.5 Å². The van der Waals surface area contributed by atoms with Crippen LogP contribution in [0.15, 0.2) is 42.7 Å². The Kier molecular flexibility index (Phi) is 6.99. The first-order chi connectivity index (χ1) is 15.1. The molecular weight excluding hydrogens is 428 g/mol. The van der Waals surface area contributed by atoms with Crippen molar-refractivity contribution in [3.8, 4) is 0 Å². The number of aromatic nitrogens is 2. The van der Waals surface area contributed by atoms with Gasteiger partial charge in [-0.05, 0) is 67.2 Å². The van der Waals surface area contributed by atoms with Gasteiger partial charge in [0.05, 0.1) is 19.2 Å². The monoisotopic (exact) mass is 454 g/mol. The number of benzene rings is 1. The molecule has 0 radical (unpaired) electrons. The summed E-state index contributed by atoms with van der Waals surface area (Å²) in [6.07, 6.45) is 10.3. The van der Waals surface area contributed by atoms with E-state index < -0.39 is 0 Å². The van der Waals surface area contributed by atoms with Crippen LogP contribution in [0.3, 0.4) is 0 Å². The third-order valence-corrected chi connectivity index (χ3v) is 6.79. The van der Waals surface area contributed by atoms with Crippen LogP contribution in [0.2, 0.25) is 0 Å². The molecule has 2 heterocycles. The summed E-state index contributed by atoms with van der Waals surface area (Å²) >= 11 is 7.19. The zero-order valence-electron chi connectivity index (χ0n) is 17.5. The third kappa shape index (κ3) is 5.32. The molecule has 1 aliphatic carbocycles. The van der Waals surface area contributed by atoms with Crippen molar-refractivity contribution in [3.05, 3.63) is 64.3 Å². The second-order valence-corrected chi connectivity index (χ2v) is 9.11. The number of anilines is 2. The Morgan fingerprint density at radius 3 is 2.81 bits per heavy atom. The number of thiocarbonyl (C=S) groups is 1. The Morgan fingerprint density at radius 1 is 1.19 bits per heavy atom. The van der Waals surface area contributed by atoms with Crippen molar-refractivity contribution < 1.29 is 9.53 Å². The van der Waals surface area contributed by atoms with Crippen LogP contribution < -0.4 is 10.6 Å². The summed E-state index contributed by atoms with van der Waals surface area (Å²) in [4.78, 5) is 13.8. The van der Waals surface area contributed by atoms with Crippen LogP contribution in [0, 0.1) is 0 Å². The maximum Gasteiger partial charge on any atom is 0.341 e. The molecule has 0 fully saturated rings. The smallest absolute Gasteiger partial charge is 0.341 e. The number of carbonyl (C=O) groups excluding carboxylic acids is 1. The molecule has 6 nitrogen and oxygen atoms in total. The van der Waals surface area contributed by atoms with Crippen LogP contribution in [0.4, 0.5) is 10.7 Å². The van der Waals surface area contributed by atoms with Crippen LogP contribution in [-0.4, -0.2) is 28.0 Å². The normalized spacial score (nSPS) is 13.6. The summed E-state index contributed by atoms with van der Waals surface area (Å²) < 4.78 is 6.97. The first-order valence-electron chi connectivity index (χ1n) is 10.5. The van der Waals surface area contributed by atoms with Crippen molar-refractivity contribution in [3.63, 3.8) is 0 Å². The van der Waals surface area contributed by atoms with Gasteiger partial charge in [-0.1, -0.05) is 25.0 Å². The molecule has 4 rings (SSSR count). The Balaban J connectivity index is 1.50. The topological polar surface area (TPSA) is 68.2 Å². The number of thiophene rings is 1. The second kappa shape index (κ2) is 10.1. The van der Waals surface area contributed by atoms with E-state index in [-0.39, 0.29) is 5.97 Å². The van der Waals surface area contributed by atoms with Crippen molar-refractivity contribution in [2.75, 3.05) is 17.7 Å². The molecule has 31 heavy (non-hydrogen) atoms. The quantitative estimate of drug-likeness (QED) is 0.406. The Hall–Kier alpha value is -2.71. The lowest BCUT2D eigenvalue weighted by Crippen LogP contribution is -2.20. The van der Waals surface area contributed by atoms with Crippen LogP contribution in [0.1, 0.15) is 52.0 Å². The van der Waals surface area contributed by atoms with Gasteiger partial charge in [-0.3, -0.25) is 4.68 Å². The number of esters is 1. The van der Waals surface area contributed by atoms with E-state index in [2.05, 4.69) is 21.8 Å². The predicted molar refractivity (Wildman–Crippen MR) is 129 cm³/mol. The summed E-state index contributed by atoms with van der Waals surface area (Å²) in [5.41, 5.74) is 3.77. The molecule has 0 unspecified atom stereocenters. The fraction of sp³-hybridized carbons (Fsp3) is 0.348. The number of aryl methyl sites for hydroxylation is 1. The van der Waals surface area contributed by atoms with Gasteiger partial charge in [0.1, 0.15) is 5.00 Å². The van der Waals surface area contributed by atoms with Gasteiger partial charge in [-0.2, -0.15) is 5.10 Å². The van der Waals surface area contributed by atoms with Gasteiger partial charge < -0.3 is 15.4 Å². The van der Waals surface area contributed by atoms with E-state index in [0.717, 1.165) is 47.5 Å². The van der Waals surface area contributed by atoms with E-state index in [9.17, 15) is 4.79 Å². The molecule has 1 aromatic carbocycles. The molecule has 0 spiro atoms. The van der Waals surface area contributed by atoms with Gasteiger partial charge in [0.2, 0.25) is 0 Å². The number of ether oxygens (including phenoxy) is 1. The molecule has 0 saturated carbocycles. The van der Waals surface area contributed by atoms with Gasteiger partial charge in [-0.25, -0.2) is 4.79 Å². The lowest BCUT2D eigenvalue weighted by Gasteiger charge is -2.13. The standard InChI is InChI=1S/C23H26N4O2S2/c1-29-22(28)20-18-10-4-2-3-5-11-19(18)31-21(20)26-23(30)25-17-9-6-8-16(14-17)15-27-13-7-12-24-27/h6-9,12-14H,2-5,10-11,15H2,1H3,(H2,25,26,30). The highest BCUT2D eigenvalue weighted by Gasteiger charge is 2.25. The Labute approximate surface area is 191 Å². The Bertz CT molecular complexity index is 1060. The first kappa shape index (κ1) is 21.5. The van der Waals surface area contributed by atoms with E-state index >= 15 is 0 Å². The van der Waals surface area contributed by atoms with Gasteiger partial charge in [0, 0.05) is 23.0 Å². The number of hydrogen-bond acceptors (Lipinski definition) is 5. The minimum atomic E-state index is -0.301. The molecule has 1 aliphatic rings. The number of fused-ring (bicyclic) bond motifs is 1. The molecule has 0 atom stereocenters. The van der Waals surface area contributed by atoms with Crippen LogP contribution in [0.25, 0.3) is 0 Å². The molecule has 162 valence electrons. The molecule has 0 saturated heterocycles. The van der Waals surface area contributed by atoms with E-state index in [1.165, 1.54) is 24.8 Å². The van der Waals surface area contributed by atoms with E-state index in [1.807, 2.05) is 35.1 Å². The van der Waals surface area contributed by atoms with Gasteiger partial charge in [-0.15, -0.1) is 11.3 Å². The van der Waals surface area contributed by atoms with Gasteiger partial charge in [0.25, 0.3) is 0 Å². The molecule has 0 bridgehead atoms. The predicted octanol–water partition coefficient (Wildman–Crippen LogP) is 5.25.